The molecule has 0 amide bonds. The molecule has 0 unspecified atom stereocenters. The van der Waals surface area contributed by atoms with Crippen LogP contribution < -0.4 is 9.64 Å². The van der Waals surface area contributed by atoms with Crippen molar-refractivity contribution in [2.45, 2.75) is 33.0 Å². The summed E-state index contributed by atoms with van der Waals surface area (Å²) in [5.41, 5.74) is 0.659. The molecule has 0 bridgehead atoms. The third kappa shape index (κ3) is 4.05. The normalized spacial score (nSPS) is 26.2. The summed E-state index contributed by atoms with van der Waals surface area (Å²) in [6.45, 7) is 9.38. The van der Waals surface area contributed by atoms with E-state index in [4.69, 9.17) is 9.47 Å². The summed E-state index contributed by atoms with van der Waals surface area (Å²) in [7, 11) is 0. The Morgan fingerprint density at radius 2 is 1.95 bits per heavy atom. The lowest BCUT2D eigenvalue weighted by Gasteiger charge is -2.32. The second-order valence-corrected chi connectivity index (χ2v) is 5.57. The largest absolute Gasteiger partial charge is 0.487 e. The molecule has 110 valence electrons. The topological polar surface area (TPSA) is 40.0 Å². The minimum Gasteiger partial charge on any atom is -0.487 e. The highest BCUT2D eigenvalue weighted by Crippen LogP contribution is 2.17. The van der Waals surface area contributed by atoms with Gasteiger partial charge in [-0.1, -0.05) is 12.1 Å². The molecule has 1 aliphatic heterocycles. The molecule has 0 radical (unpaired) electrons. The Labute approximate surface area is 120 Å². The van der Waals surface area contributed by atoms with E-state index in [1.165, 1.54) is 4.90 Å². The first-order valence-corrected chi connectivity index (χ1v) is 7.28. The first-order chi connectivity index (χ1) is 9.56. The minimum absolute atomic E-state index is 0.0431. The molecule has 0 aliphatic carbocycles. The van der Waals surface area contributed by atoms with Gasteiger partial charge < -0.3 is 14.4 Å². The Hall–Kier alpha value is -1.39. The number of morpholine rings is 1. The number of nitrogens with one attached hydrogen (secondary N) is 1. The highest BCUT2D eigenvalue weighted by molar-refractivity contribution is 5.96. The van der Waals surface area contributed by atoms with Crippen LogP contribution in [0.3, 0.4) is 0 Å². The average molecular weight is 278 g/mol. The zero-order chi connectivity index (χ0) is 14.5. The van der Waals surface area contributed by atoms with Crippen molar-refractivity contribution in [3.63, 3.8) is 0 Å². The van der Waals surface area contributed by atoms with E-state index >= 15 is 0 Å². The maximum atomic E-state index is 11.5. The van der Waals surface area contributed by atoms with Crippen LogP contribution in [0.4, 0.5) is 0 Å². The van der Waals surface area contributed by atoms with Gasteiger partial charge in [0.25, 0.3) is 0 Å². The molecule has 1 fully saturated rings. The zero-order valence-electron chi connectivity index (χ0n) is 12.5. The summed E-state index contributed by atoms with van der Waals surface area (Å²) < 4.78 is 11.5. The molecule has 1 aliphatic rings. The maximum absolute atomic E-state index is 11.5. The van der Waals surface area contributed by atoms with E-state index in [2.05, 4.69) is 13.8 Å². The van der Waals surface area contributed by atoms with Crippen molar-refractivity contribution in [3.8, 4) is 5.75 Å². The number of ketones is 1. The lowest BCUT2D eigenvalue weighted by molar-refractivity contribution is -0.915. The first-order valence-electron chi connectivity index (χ1n) is 7.28. The molecule has 4 heteroatoms. The molecule has 2 atom stereocenters. The van der Waals surface area contributed by atoms with Crippen molar-refractivity contribution >= 4 is 5.78 Å². The van der Waals surface area contributed by atoms with Gasteiger partial charge in [0, 0.05) is 0 Å². The molecule has 2 rings (SSSR count). The molecule has 0 spiro atoms. The van der Waals surface area contributed by atoms with Crippen molar-refractivity contribution in [1.29, 1.82) is 0 Å². The van der Waals surface area contributed by atoms with E-state index in [-0.39, 0.29) is 5.78 Å². The molecule has 0 aromatic heterocycles. The maximum Gasteiger partial charge on any atom is 0.163 e. The molecule has 20 heavy (non-hydrogen) atoms. The van der Waals surface area contributed by atoms with E-state index in [0.29, 0.717) is 30.1 Å². The summed E-state index contributed by atoms with van der Waals surface area (Å²) in [6, 6.07) is 7.42. The van der Waals surface area contributed by atoms with Gasteiger partial charge in [0.15, 0.2) is 5.78 Å². The van der Waals surface area contributed by atoms with Crippen molar-refractivity contribution in [2.75, 3.05) is 26.2 Å². The molecule has 1 aromatic rings. The summed E-state index contributed by atoms with van der Waals surface area (Å²) >= 11 is 0. The van der Waals surface area contributed by atoms with Gasteiger partial charge in [-0.05, 0) is 32.9 Å². The van der Waals surface area contributed by atoms with E-state index in [0.717, 1.165) is 19.6 Å². The highest BCUT2D eigenvalue weighted by atomic mass is 16.5. The van der Waals surface area contributed by atoms with Crippen LogP contribution in [0.5, 0.6) is 5.75 Å². The predicted molar refractivity (Wildman–Crippen MR) is 77.5 cm³/mol. The molecule has 1 aromatic carbocycles. The van der Waals surface area contributed by atoms with Crippen LogP contribution >= 0.6 is 0 Å². The van der Waals surface area contributed by atoms with Gasteiger partial charge >= 0.3 is 0 Å². The third-order valence-electron chi connectivity index (χ3n) is 3.60. The van der Waals surface area contributed by atoms with Gasteiger partial charge in [-0.15, -0.1) is 0 Å². The molecule has 0 saturated carbocycles. The quantitative estimate of drug-likeness (QED) is 0.816. The fourth-order valence-electron chi connectivity index (χ4n) is 2.78. The summed E-state index contributed by atoms with van der Waals surface area (Å²) in [6.07, 6.45) is 0.608. The number of quaternary nitrogens is 1. The Kier molecular flexibility index (Phi) is 5.15. The summed E-state index contributed by atoms with van der Waals surface area (Å²) in [5, 5.41) is 0. The number of para-hydroxylation sites is 1. The third-order valence-corrected chi connectivity index (χ3v) is 3.60. The molecule has 1 heterocycles. The van der Waals surface area contributed by atoms with E-state index in [1.54, 1.807) is 6.92 Å². The zero-order valence-corrected chi connectivity index (χ0v) is 12.5. The van der Waals surface area contributed by atoms with Crippen molar-refractivity contribution in [1.82, 2.24) is 0 Å². The van der Waals surface area contributed by atoms with Crippen LogP contribution in [-0.2, 0) is 4.74 Å². The van der Waals surface area contributed by atoms with E-state index in [9.17, 15) is 4.79 Å². The Morgan fingerprint density at radius 3 is 2.60 bits per heavy atom. The predicted octanol–water partition coefficient (Wildman–Crippen LogP) is 0.960. The Bertz CT molecular complexity index is 451. The van der Waals surface area contributed by atoms with Gasteiger partial charge in [0.05, 0.1) is 5.56 Å². The molecule has 1 N–H and O–H groups in total. The minimum atomic E-state index is 0.0431. The van der Waals surface area contributed by atoms with Gasteiger partial charge in [-0.3, -0.25) is 4.79 Å². The average Bonchev–Trinajstić information content (AvgIpc) is 2.38. The first kappa shape index (κ1) is 15.0. The van der Waals surface area contributed by atoms with Crippen LogP contribution in [0.25, 0.3) is 0 Å². The van der Waals surface area contributed by atoms with Crippen LogP contribution in [0.2, 0.25) is 0 Å². The molecular weight excluding hydrogens is 254 g/mol. The SMILES string of the molecule is CC(=O)c1ccccc1OCC[NH+]1C[C@@H](C)O[C@H](C)C1. The Morgan fingerprint density at radius 1 is 1.30 bits per heavy atom. The number of hydrogen-bond acceptors (Lipinski definition) is 3. The highest BCUT2D eigenvalue weighted by Gasteiger charge is 2.25. The van der Waals surface area contributed by atoms with Gasteiger partial charge in [0.1, 0.15) is 44.2 Å². The number of carbonyl (C=O) groups excluding carboxylic acids is 1. The van der Waals surface area contributed by atoms with Gasteiger partial charge in [-0.25, -0.2) is 0 Å². The standard InChI is InChI=1S/C16H23NO3/c1-12-10-17(11-13(2)20-12)8-9-19-16-7-5-4-6-15(16)14(3)18/h4-7,12-13H,8-11H2,1-3H3/p+1/t12-,13-/m1/s1. The van der Waals surface area contributed by atoms with Crippen molar-refractivity contribution in [2.24, 2.45) is 0 Å². The second kappa shape index (κ2) is 6.86. The van der Waals surface area contributed by atoms with Crippen LogP contribution in [-0.4, -0.2) is 44.2 Å². The smallest absolute Gasteiger partial charge is 0.163 e. The van der Waals surface area contributed by atoms with Gasteiger partial charge in [0.2, 0.25) is 0 Å². The lowest BCUT2D eigenvalue weighted by atomic mass is 10.1. The fraction of sp³-hybridized carbons (Fsp3) is 0.562. The lowest BCUT2D eigenvalue weighted by Crippen LogP contribution is -3.16. The summed E-state index contributed by atoms with van der Waals surface area (Å²) in [4.78, 5) is 13.0. The molecule has 4 nitrogen and oxygen atoms in total. The number of benzene rings is 1. The van der Waals surface area contributed by atoms with Crippen LogP contribution in [0.1, 0.15) is 31.1 Å². The number of hydrogen-bond donors (Lipinski definition) is 1. The van der Waals surface area contributed by atoms with E-state index in [1.807, 2.05) is 24.3 Å². The van der Waals surface area contributed by atoms with Gasteiger partial charge in [-0.2, -0.15) is 0 Å². The molecular formula is C16H24NO3+. The fourth-order valence-corrected chi connectivity index (χ4v) is 2.78. The number of rotatable bonds is 5. The van der Waals surface area contributed by atoms with Crippen molar-refractivity contribution in [3.05, 3.63) is 29.8 Å². The summed E-state index contributed by atoms with van der Waals surface area (Å²) in [5.74, 6) is 0.732. The van der Waals surface area contributed by atoms with Crippen LogP contribution in [0.15, 0.2) is 24.3 Å². The monoisotopic (exact) mass is 278 g/mol. The number of ether oxygens (including phenoxy) is 2. The second-order valence-electron chi connectivity index (χ2n) is 5.57. The van der Waals surface area contributed by atoms with Crippen LogP contribution in [0, 0.1) is 0 Å². The molecule has 1 saturated heterocycles. The van der Waals surface area contributed by atoms with Crippen molar-refractivity contribution < 1.29 is 19.2 Å². The number of Topliss-reactive ketones (excluding diaryl/α,β-unsaturated/α-hetero) is 1. The van der Waals surface area contributed by atoms with E-state index < -0.39 is 0 Å². The number of carbonyl (C=O) groups is 1. The Balaban J connectivity index is 1.85.